The highest BCUT2D eigenvalue weighted by Gasteiger charge is 2.23. The van der Waals surface area contributed by atoms with E-state index in [0.717, 1.165) is 29.6 Å². The summed E-state index contributed by atoms with van der Waals surface area (Å²) in [6.45, 7) is 5.13. The average Bonchev–Trinajstić information content (AvgIpc) is 3.14. The van der Waals surface area contributed by atoms with E-state index >= 15 is 0 Å². The summed E-state index contributed by atoms with van der Waals surface area (Å²) in [5.41, 5.74) is 0. The van der Waals surface area contributed by atoms with E-state index in [0.29, 0.717) is 6.04 Å². The lowest BCUT2D eigenvalue weighted by molar-refractivity contribution is 0.648. The van der Waals surface area contributed by atoms with E-state index < -0.39 is 0 Å². The fourth-order valence-electron chi connectivity index (χ4n) is 3.10. The van der Waals surface area contributed by atoms with Gasteiger partial charge in [0.25, 0.3) is 0 Å². The third kappa shape index (κ3) is 2.84. The molecule has 2 aromatic heterocycles. The summed E-state index contributed by atoms with van der Waals surface area (Å²) in [6.07, 6.45) is 6.30. The summed E-state index contributed by atoms with van der Waals surface area (Å²) in [7, 11) is 2.19. The molecule has 0 saturated heterocycles. The Balaban J connectivity index is 2.06. The number of aromatic nitrogens is 2. The molecule has 0 aliphatic heterocycles. The van der Waals surface area contributed by atoms with Crippen LogP contribution in [0, 0.1) is 0 Å². The minimum absolute atomic E-state index is 0.627. The van der Waals surface area contributed by atoms with Crippen LogP contribution < -0.4 is 10.2 Å². The van der Waals surface area contributed by atoms with E-state index in [-0.39, 0.29) is 0 Å². The molecule has 4 nitrogen and oxygen atoms in total. The Morgan fingerprint density at radius 1 is 1.29 bits per heavy atom. The van der Waals surface area contributed by atoms with Crippen molar-refractivity contribution in [3.05, 3.63) is 10.9 Å². The van der Waals surface area contributed by atoms with Crippen molar-refractivity contribution in [2.24, 2.45) is 0 Å². The second-order valence-corrected chi connectivity index (χ2v) is 6.85. The number of aryl methyl sites for hydroxylation is 1. The van der Waals surface area contributed by atoms with Crippen molar-refractivity contribution in [1.29, 1.82) is 0 Å². The van der Waals surface area contributed by atoms with Crippen LogP contribution >= 0.6 is 11.3 Å². The molecule has 114 valence electrons. The molecule has 1 aliphatic carbocycles. The van der Waals surface area contributed by atoms with Crippen molar-refractivity contribution in [3.8, 4) is 0 Å². The van der Waals surface area contributed by atoms with Gasteiger partial charge in [-0.1, -0.05) is 19.8 Å². The first-order valence-electron chi connectivity index (χ1n) is 8.00. The molecule has 2 aromatic rings. The first-order valence-corrected chi connectivity index (χ1v) is 8.81. The summed E-state index contributed by atoms with van der Waals surface area (Å²) < 4.78 is 0. The minimum atomic E-state index is 0.627. The summed E-state index contributed by atoms with van der Waals surface area (Å²) in [5, 5.41) is 4.49. The standard InChI is InChI=1S/C16H24N4S/c1-4-12-10-13-14(20(3)11-8-6-7-9-11)18-16(17-5-2)19-15(13)21-12/h10-11H,4-9H2,1-3H3,(H,17,18,19). The van der Waals surface area contributed by atoms with E-state index in [9.17, 15) is 0 Å². The van der Waals surface area contributed by atoms with Gasteiger partial charge >= 0.3 is 0 Å². The fourth-order valence-corrected chi connectivity index (χ4v) is 4.06. The van der Waals surface area contributed by atoms with Crippen LogP contribution in [0.1, 0.15) is 44.4 Å². The van der Waals surface area contributed by atoms with E-state index in [2.05, 4.69) is 42.2 Å². The lowest BCUT2D eigenvalue weighted by atomic mass is 10.2. The van der Waals surface area contributed by atoms with Crippen LogP contribution in [0.2, 0.25) is 0 Å². The lowest BCUT2D eigenvalue weighted by Gasteiger charge is -2.26. The lowest BCUT2D eigenvalue weighted by Crippen LogP contribution is -2.30. The van der Waals surface area contributed by atoms with Crippen molar-refractivity contribution in [2.75, 3.05) is 23.8 Å². The van der Waals surface area contributed by atoms with E-state index in [1.54, 1.807) is 11.3 Å². The molecule has 0 unspecified atom stereocenters. The topological polar surface area (TPSA) is 41.1 Å². The first kappa shape index (κ1) is 14.6. The summed E-state index contributed by atoms with van der Waals surface area (Å²) in [6, 6.07) is 2.90. The Morgan fingerprint density at radius 3 is 2.71 bits per heavy atom. The third-order valence-electron chi connectivity index (χ3n) is 4.31. The molecule has 1 fully saturated rings. The maximum atomic E-state index is 4.79. The molecular weight excluding hydrogens is 280 g/mol. The molecule has 2 heterocycles. The average molecular weight is 304 g/mol. The molecule has 0 aromatic carbocycles. The second kappa shape index (κ2) is 6.18. The van der Waals surface area contributed by atoms with Crippen LogP contribution in [0.4, 0.5) is 11.8 Å². The monoisotopic (exact) mass is 304 g/mol. The van der Waals surface area contributed by atoms with Crippen molar-refractivity contribution in [3.63, 3.8) is 0 Å². The highest BCUT2D eigenvalue weighted by atomic mass is 32.1. The molecule has 0 atom stereocenters. The number of fused-ring (bicyclic) bond motifs is 1. The highest BCUT2D eigenvalue weighted by molar-refractivity contribution is 7.18. The number of nitrogens with one attached hydrogen (secondary N) is 1. The Bertz CT molecular complexity index is 616. The normalized spacial score (nSPS) is 15.8. The van der Waals surface area contributed by atoms with Gasteiger partial charge in [-0.2, -0.15) is 4.98 Å². The molecule has 0 bridgehead atoms. The Kier molecular flexibility index (Phi) is 4.29. The number of hydrogen-bond acceptors (Lipinski definition) is 5. The van der Waals surface area contributed by atoms with E-state index in [1.807, 2.05) is 0 Å². The number of thiophene rings is 1. The Hall–Kier alpha value is -1.36. The Morgan fingerprint density at radius 2 is 2.05 bits per heavy atom. The SMILES string of the molecule is CCNc1nc(N(C)C2CCCC2)c2cc(CC)sc2n1. The van der Waals surface area contributed by atoms with Crippen LogP contribution in [0.15, 0.2) is 6.07 Å². The third-order valence-corrected chi connectivity index (χ3v) is 5.49. The molecule has 0 spiro atoms. The Labute approximate surface area is 130 Å². The quantitative estimate of drug-likeness (QED) is 0.904. The summed E-state index contributed by atoms with van der Waals surface area (Å²) in [5.74, 6) is 1.85. The molecule has 1 N–H and O–H groups in total. The van der Waals surface area contributed by atoms with E-state index in [4.69, 9.17) is 4.98 Å². The van der Waals surface area contributed by atoms with Gasteiger partial charge in [-0.25, -0.2) is 4.98 Å². The van der Waals surface area contributed by atoms with Gasteiger partial charge in [0.2, 0.25) is 5.95 Å². The number of rotatable bonds is 5. The van der Waals surface area contributed by atoms with Gasteiger partial charge in [-0.05, 0) is 32.3 Å². The molecule has 0 amide bonds. The highest BCUT2D eigenvalue weighted by Crippen LogP contribution is 2.35. The maximum Gasteiger partial charge on any atom is 0.226 e. The molecular formula is C16H24N4S. The number of anilines is 2. The molecule has 0 radical (unpaired) electrons. The van der Waals surface area contributed by atoms with Crippen LogP contribution in [-0.4, -0.2) is 29.6 Å². The molecule has 5 heteroatoms. The molecule has 3 rings (SSSR count). The zero-order valence-electron chi connectivity index (χ0n) is 13.1. The zero-order valence-corrected chi connectivity index (χ0v) is 14.0. The fraction of sp³-hybridized carbons (Fsp3) is 0.625. The van der Waals surface area contributed by atoms with Crippen LogP contribution in [-0.2, 0) is 6.42 Å². The van der Waals surface area contributed by atoms with Gasteiger partial charge in [0.15, 0.2) is 0 Å². The second-order valence-electron chi connectivity index (χ2n) is 5.74. The zero-order chi connectivity index (χ0) is 14.8. The van der Waals surface area contributed by atoms with Crippen LogP contribution in [0.3, 0.4) is 0 Å². The van der Waals surface area contributed by atoms with Gasteiger partial charge < -0.3 is 10.2 Å². The number of hydrogen-bond donors (Lipinski definition) is 1. The molecule has 1 saturated carbocycles. The number of nitrogens with zero attached hydrogens (tertiary/aromatic N) is 3. The van der Waals surface area contributed by atoms with Gasteiger partial charge in [0.1, 0.15) is 10.6 Å². The smallest absolute Gasteiger partial charge is 0.226 e. The predicted octanol–water partition coefficient (Wildman–Crippen LogP) is 4.06. The van der Waals surface area contributed by atoms with Gasteiger partial charge in [-0.3, -0.25) is 0 Å². The molecule has 1 aliphatic rings. The van der Waals surface area contributed by atoms with Gasteiger partial charge in [-0.15, -0.1) is 11.3 Å². The minimum Gasteiger partial charge on any atom is -0.356 e. The predicted molar refractivity (Wildman–Crippen MR) is 91.6 cm³/mol. The van der Waals surface area contributed by atoms with Crippen molar-refractivity contribution < 1.29 is 0 Å². The van der Waals surface area contributed by atoms with E-state index in [1.165, 1.54) is 35.9 Å². The van der Waals surface area contributed by atoms with Gasteiger partial charge in [0.05, 0.1) is 5.39 Å². The van der Waals surface area contributed by atoms with Crippen LogP contribution in [0.5, 0.6) is 0 Å². The maximum absolute atomic E-state index is 4.79. The van der Waals surface area contributed by atoms with Crippen LogP contribution in [0.25, 0.3) is 10.2 Å². The van der Waals surface area contributed by atoms with Crippen molar-refractivity contribution in [2.45, 2.75) is 52.0 Å². The van der Waals surface area contributed by atoms with Crippen molar-refractivity contribution in [1.82, 2.24) is 9.97 Å². The van der Waals surface area contributed by atoms with Crippen molar-refractivity contribution >= 4 is 33.3 Å². The first-order chi connectivity index (χ1) is 10.2. The summed E-state index contributed by atoms with van der Waals surface area (Å²) >= 11 is 1.79. The largest absolute Gasteiger partial charge is 0.356 e. The van der Waals surface area contributed by atoms with Gasteiger partial charge in [0, 0.05) is 24.5 Å². The molecule has 21 heavy (non-hydrogen) atoms. The summed E-state index contributed by atoms with van der Waals surface area (Å²) in [4.78, 5) is 14.3.